The molecule has 2 aromatic heterocycles. The van der Waals surface area contributed by atoms with Gasteiger partial charge in [0, 0.05) is 27.2 Å². The number of hydrogen-bond acceptors (Lipinski definition) is 6. The van der Waals surface area contributed by atoms with E-state index in [0.29, 0.717) is 0 Å². The van der Waals surface area contributed by atoms with Crippen molar-refractivity contribution in [3.8, 4) is 5.82 Å². The predicted molar refractivity (Wildman–Crippen MR) is 65.5 cm³/mol. The summed E-state index contributed by atoms with van der Waals surface area (Å²) in [6.07, 6.45) is 1.20. The normalized spacial score (nSPS) is 10.4. The van der Waals surface area contributed by atoms with Gasteiger partial charge in [-0.05, 0) is 16.0 Å². The molecule has 0 aliphatic carbocycles. The van der Waals surface area contributed by atoms with E-state index in [1.165, 1.54) is 12.3 Å². The average Bonchev–Trinajstić information content (AvgIpc) is 2.71. The van der Waals surface area contributed by atoms with E-state index in [1.807, 2.05) is 0 Å². The van der Waals surface area contributed by atoms with Gasteiger partial charge in [0.25, 0.3) is 4.73 Å². The molecule has 0 aromatic carbocycles. The second-order valence-electron chi connectivity index (χ2n) is 3.15. The maximum Gasteiger partial charge on any atom is 0.492 e. The summed E-state index contributed by atoms with van der Waals surface area (Å²) < 4.78 is 0.920. The van der Waals surface area contributed by atoms with Crippen LogP contribution in [-0.2, 0) is 0 Å². The summed E-state index contributed by atoms with van der Waals surface area (Å²) in [6.45, 7) is 0. The lowest BCUT2D eigenvalue weighted by atomic mass is 10.2. The van der Waals surface area contributed by atoms with Crippen molar-refractivity contribution in [1.82, 2.24) is 19.7 Å². The Morgan fingerprint density at radius 1 is 1.58 bits per heavy atom. The van der Waals surface area contributed by atoms with Gasteiger partial charge in [-0.1, -0.05) is 11.6 Å². The van der Waals surface area contributed by atoms with Crippen molar-refractivity contribution in [2.75, 3.05) is 0 Å². The number of aromatic carboxylic acids is 1. The fourth-order valence-electron chi connectivity index (χ4n) is 1.24. The Labute approximate surface area is 118 Å². The van der Waals surface area contributed by atoms with Gasteiger partial charge in [0.1, 0.15) is 5.02 Å². The van der Waals surface area contributed by atoms with Crippen molar-refractivity contribution in [1.29, 1.82) is 0 Å². The molecule has 11 heteroatoms. The molecule has 2 heterocycles. The van der Waals surface area contributed by atoms with E-state index >= 15 is 0 Å². The van der Waals surface area contributed by atoms with Crippen LogP contribution in [-0.4, -0.2) is 35.7 Å². The number of nitro groups is 1. The monoisotopic (exact) mass is 347 g/mol. The van der Waals surface area contributed by atoms with E-state index in [9.17, 15) is 14.9 Å². The van der Waals surface area contributed by atoms with E-state index in [4.69, 9.17) is 16.7 Å². The largest absolute Gasteiger partial charge is 0.492 e. The van der Waals surface area contributed by atoms with Gasteiger partial charge in [-0.3, -0.25) is 0 Å². The maximum atomic E-state index is 10.9. The van der Waals surface area contributed by atoms with E-state index in [2.05, 4.69) is 31.0 Å². The summed E-state index contributed by atoms with van der Waals surface area (Å²) in [5.74, 6) is -1.99. The summed E-state index contributed by atoms with van der Waals surface area (Å²) in [5.41, 5.74) is -0.197. The smallest absolute Gasteiger partial charge is 0.478 e. The Bertz CT molecular complexity index is 688. The molecule has 0 atom stereocenters. The summed E-state index contributed by atoms with van der Waals surface area (Å²) >= 11 is 8.83. The lowest BCUT2D eigenvalue weighted by molar-refractivity contribution is -0.394. The minimum atomic E-state index is -1.25. The van der Waals surface area contributed by atoms with Crippen LogP contribution in [0.1, 0.15) is 10.4 Å². The highest BCUT2D eigenvalue weighted by Gasteiger charge is 2.25. The first kappa shape index (κ1) is 13.4. The zero-order valence-electron chi connectivity index (χ0n) is 8.82. The van der Waals surface area contributed by atoms with Gasteiger partial charge >= 0.3 is 11.9 Å². The third-order valence-corrected chi connectivity index (χ3v) is 2.91. The zero-order chi connectivity index (χ0) is 14.2. The number of carboxylic acid groups (broad SMARTS) is 1. The number of carbonyl (C=O) groups is 1. The molecule has 0 saturated carbocycles. The topological polar surface area (TPSA) is 124 Å². The molecule has 19 heavy (non-hydrogen) atoms. The molecule has 2 rings (SSSR count). The first-order valence-electron chi connectivity index (χ1n) is 4.57. The van der Waals surface area contributed by atoms with Crippen LogP contribution in [0.4, 0.5) is 5.95 Å². The van der Waals surface area contributed by atoms with Gasteiger partial charge in [0.2, 0.25) is 0 Å². The maximum absolute atomic E-state index is 10.9. The minimum absolute atomic E-state index is 0.0175. The van der Waals surface area contributed by atoms with Gasteiger partial charge in [-0.15, -0.1) is 4.68 Å². The molecule has 2 aromatic rings. The van der Waals surface area contributed by atoms with Crippen LogP contribution in [0.15, 0.2) is 17.0 Å². The molecular formula is C8H3BrClN5O4. The highest BCUT2D eigenvalue weighted by Crippen LogP contribution is 2.25. The Balaban J connectivity index is 2.62. The SMILES string of the molecule is O=C(O)c1ccnc(-n2nc([N+](=O)[O-])nc2Br)c1Cl. The first-order chi connectivity index (χ1) is 8.91. The van der Waals surface area contributed by atoms with Crippen LogP contribution in [0.2, 0.25) is 5.02 Å². The van der Waals surface area contributed by atoms with Crippen LogP contribution >= 0.6 is 27.5 Å². The highest BCUT2D eigenvalue weighted by molar-refractivity contribution is 9.10. The average molecular weight is 348 g/mol. The van der Waals surface area contributed by atoms with Crippen molar-refractivity contribution in [2.24, 2.45) is 0 Å². The van der Waals surface area contributed by atoms with Crippen molar-refractivity contribution >= 4 is 39.4 Å². The molecule has 0 unspecified atom stereocenters. The fourth-order valence-corrected chi connectivity index (χ4v) is 1.92. The van der Waals surface area contributed by atoms with Crippen molar-refractivity contribution in [3.05, 3.63) is 37.7 Å². The number of hydrogen-bond donors (Lipinski definition) is 1. The molecule has 0 saturated heterocycles. The third-order valence-electron chi connectivity index (χ3n) is 2.02. The molecule has 1 N–H and O–H groups in total. The number of nitrogens with zero attached hydrogens (tertiary/aromatic N) is 5. The predicted octanol–water partition coefficient (Wildman–Crippen LogP) is 1.68. The van der Waals surface area contributed by atoms with E-state index in [-0.39, 0.29) is 21.1 Å². The number of halogens is 2. The molecule has 0 aliphatic heterocycles. The van der Waals surface area contributed by atoms with Gasteiger partial charge in [0.15, 0.2) is 5.82 Å². The van der Waals surface area contributed by atoms with Crippen molar-refractivity contribution in [2.45, 2.75) is 0 Å². The van der Waals surface area contributed by atoms with Crippen molar-refractivity contribution in [3.63, 3.8) is 0 Å². The second kappa shape index (κ2) is 4.90. The van der Waals surface area contributed by atoms with E-state index < -0.39 is 16.8 Å². The molecule has 0 spiro atoms. The Morgan fingerprint density at radius 3 is 2.79 bits per heavy atom. The molecule has 0 bridgehead atoms. The van der Waals surface area contributed by atoms with E-state index in [1.54, 1.807) is 0 Å². The number of carboxylic acids is 1. The number of aromatic nitrogens is 4. The molecule has 9 nitrogen and oxygen atoms in total. The molecule has 0 aliphatic rings. The summed E-state index contributed by atoms with van der Waals surface area (Å²) in [4.78, 5) is 28.1. The van der Waals surface area contributed by atoms with Gasteiger partial charge in [-0.2, -0.15) is 0 Å². The van der Waals surface area contributed by atoms with Gasteiger partial charge in [0.05, 0.1) is 5.56 Å². The van der Waals surface area contributed by atoms with Crippen molar-refractivity contribution < 1.29 is 14.8 Å². The second-order valence-corrected chi connectivity index (χ2v) is 4.24. The quantitative estimate of drug-likeness (QED) is 0.661. The van der Waals surface area contributed by atoms with Crippen LogP contribution in [0, 0.1) is 10.1 Å². The Morgan fingerprint density at radius 2 is 2.26 bits per heavy atom. The van der Waals surface area contributed by atoms with Crippen LogP contribution in [0.25, 0.3) is 5.82 Å². The molecule has 0 fully saturated rings. The lowest BCUT2D eigenvalue weighted by Crippen LogP contribution is -2.06. The number of pyridine rings is 1. The Kier molecular flexibility index (Phi) is 3.44. The minimum Gasteiger partial charge on any atom is -0.478 e. The summed E-state index contributed by atoms with van der Waals surface area (Å²) in [6, 6.07) is 1.20. The van der Waals surface area contributed by atoms with E-state index in [0.717, 1.165) is 4.68 Å². The fraction of sp³-hybridized carbons (Fsp3) is 0. The highest BCUT2D eigenvalue weighted by atomic mass is 79.9. The standard InChI is InChI=1S/C8H3BrClN5O4/c9-7-12-8(15(18)19)13-14(7)5-4(10)3(6(16)17)1-2-11-5/h1-2H,(H,16,17). The lowest BCUT2D eigenvalue weighted by Gasteiger charge is -2.02. The zero-order valence-corrected chi connectivity index (χ0v) is 11.2. The molecule has 0 radical (unpaired) electrons. The van der Waals surface area contributed by atoms with Gasteiger partial charge in [-0.25, -0.2) is 9.78 Å². The third kappa shape index (κ3) is 2.39. The summed E-state index contributed by atoms with van der Waals surface area (Å²) in [5, 5.41) is 22.8. The summed E-state index contributed by atoms with van der Waals surface area (Å²) in [7, 11) is 0. The molecular weight excluding hydrogens is 345 g/mol. The van der Waals surface area contributed by atoms with Crippen LogP contribution in [0.5, 0.6) is 0 Å². The van der Waals surface area contributed by atoms with Crippen LogP contribution in [0.3, 0.4) is 0 Å². The molecule has 0 amide bonds. The van der Waals surface area contributed by atoms with Gasteiger partial charge < -0.3 is 15.2 Å². The first-order valence-corrected chi connectivity index (χ1v) is 5.74. The number of rotatable bonds is 3. The van der Waals surface area contributed by atoms with Crippen LogP contribution < -0.4 is 0 Å². The molecule has 98 valence electrons. The Hall–Kier alpha value is -2.07.